The van der Waals surface area contributed by atoms with Crippen molar-refractivity contribution in [2.24, 2.45) is 4.99 Å². The zero-order valence-corrected chi connectivity index (χ0v) is 14.6. The summed E-state index contributed by atoms with van der Waals surface area (Å²) in [6.45, 7) is 5.78. The van der Waals surface area contributed by atoms with Gasteiger partial charge in [0.15, 0.2) is 0 Å². The standard InChI is InChI=1S/C20H22N4O/c1-3-23-19-7-5-4-6-17(19)14(2)18-10-20(24-12-15(18)11-21)25-16-8-9-22-13-16/h3-7,10,12,14,16,22H,8-9,13H2,1-2H3. The van der Waals surface area contributed by atoms with Crippen LogP contribution in [0.2, 0.25) is 0 Å². The molecule has 5 heteroatoms. The fourth-order valence-electron chi connectivity index (χ4n) is 3.14. The van der Waals surface area contributed by atoms with Crippen LogP contribution in [0.5, 0.6) is 5.88 Å². The summed E-state index contributed by atoms with van der Waals surface area (Å²) in [4.78, 5) is 8.76. The molecule has 3 rings (SSSR count). The molecular weight excluding hydrogens is 312 g/mol. The summed E-state index contributed by atoms with van der Waals surface area (Å²) in [6.07, 6.45) is 4.50. The lowest BCUT2D eigenvalue weighted by Crippen LogP contribution is -2.20. The molecule has 2 atom stereocenters. The van der Waals surface area contributed by atoms with Gasteiger partial charge in [-0.05, 0) is 37.1 Å². The van der Waals surface area contributed by atoms with Gasteiger partial charge in [-0.2, -0.15) is 5.26 Å². The number of rotatable bonds is 5. The third-order valence-electron chi connectivity index (χ3n) is 4.47. The molecule has 1 aliphatic rings. The second-order valence-electron chi connectivity index (χ2n) is 6.12. The molecule has 1 aromatic heterocycles. The molecule has 5 nitrogen and oxygen atoms in total. The van der Waals surface area contributed by atoms with E-state index in [1.165, 1.54) is 0 Å². The Labute approximate surface area is 148 Å². The Kier molecular flexibility index (Phi) is 5.42. The maximum atomic E-state index is 9.49. The zero-order chi connectivity index (χ0) is 17.6. The van der Waals surface area contributed by atoms with Crippen LogP contribution in [-0.4, -0.2) is 30.4 Å². The van der Waals surface area contributed by atoms with Crippen molar-refractivity contribution < 1.29 is 4.74 Å². The minimum atomic E-state index is 0.0154. The highest BCUT2D eigenvalue weighted by molar-refractivity contribution is 5.64. The molecule has 0 amide bonds. The summed E-state index contributed by atoms with van der Waals surface area (Å²) in [5.41, 5.74) is 3.48. The van der Waals surface area contributed by atoms with Crippen molar-refractivity contribution in [1.82, 2.24) is 10.3 Å². The van der Waals surface area contributed by atoms with E-state index in [0.29, 0.717) is 11.4 Å². The summed E-state index contributed by atoms with van der Waals surface area (Å²) in [7, 11) is 0. The van der Waals surface area contributed by atoms with Gasteiger partial charge in [-0.3, -0.25) is 4.99 Å². The fourth-order valence-corrected chi connectivity index (χ4v) is 3.14. The molecule has 1 N–H and O–H groups in total. The van der Waals surface area contributed by atoms with Gasteiger partial charge in [0.25, 0.3) is 0 Å². The molecule has 1 fully saturated rings. The van der Waals surface area contributed by atoms with Crippen LogP contribution in [0.25, 0.3) is 0 Å². The number of pyridine rings is 1. The van der Waals surface area contributed by atoms with Gasteiger partial charge < -0.3 is 10.1 Å². The molecule has 0 spiro atoms. The summed E-state index contributed by atoms with van der Waals surface area (Å²) >= 11 is 0. The van der Waals surface area contributed by atoms with Crippen molar-refractivity contribution >= 4 is 11.9 Å². The first kappa shape index (κ1) is 17.1. The normalized spacial score (nSPS) is 18.2. The Morgan fingerprint density at radius 1 is 1.40 bits per heavy atom. The smallest absolute Gasteiger partial charge is 0.213 e. The third kappa shape index (κ3) is 3.86. The van der Waals surface area contributed by atoms with Crippen LogP contribution < -0.4 is 10.1 Å². The van der Waals surface area contributed by atoms with Crippen molar-refractivity contribution in [3.63, 3.8) is 0 Å². The Hall–Kier alpha value is -2.71. The molecule has 2 unspecified atom stereocenters. The Bertz CT molecular complexity index is 804. The van der Waals surface area contributed by atoms with Crippen LogP contribution in [0.3, 0.4) is 0 Å². The van der Waals surface area contributed by atoms with Gasteiger partial charge in [0.2, 0.25) is 5.88 Å². The number of aromatic nitrogens is 1. The average molecular weight is 334 g/mol. The van der Waals surface area contributed by atoms with Crippen molar-refractivity contribution in [3.05, 3.63) is 53.2 Å². The number of nitrogens with one attached hydrogen (secondary N) is 1. The van der Waals surface area contributed by atoms with Crippen LogP contribution in [-0.2, 0) is 0 Å². The van der Waals surface area contributed by atoms with Crippen LogP contribution in [0, 0.1) is 11.3 Å². The Morgan fingerprint density at radius 3 is 2.96 bits per heavy atom. The van der Waals surface area contributed by atoms with Crippen LogP contribution >= 0.6 is 0 Å². The monoisotopic (exact) mass is 334 g/mol. The Morgan fingerprint density at radius 2 is 2.24 bits per heavy atom. The molecular formula is C20H22N4O. The second-order valence-corrected chi connectivity index (χ2v) is 6.12. The number of nitrogens with zero attached hydrogens (tertiary/aromatic N) is 3. The van der Waals surface area contributed by atoms with Gasteiger partial charge in [0, 0.05) is 30.9 Å². The van der Waals surface area contributed by atoms with Gasteiger partial charge in [0.1, 0.15) is 12.2 Å². The predicted octanol–water partition coefficient (Wildman–Crippen LogP) is 3.57. The van der Waals surface area contributed by atoms with E-state index in [9.17, 15) is 5.26 Å². The van der Waals surface area contributed by atoms with E-state index in [1.54, 1.807) is 12.4 Å². The summed E-state index contributed by atoms with van der Waals surface area (Å²) in [6, 6.07) is 12.2. The molecule has 1 aliphatic heterocycles. The molecule has 0 bridgehead atoms. The van der Waals surface area contributed by atoms with E-state index < -0.39 is 0 Å². The first-order valence-corrected chi connectivity index (χ1v) is 8.58. The molecule has 0 radical (unpaired) electrons. The lowest BCUT2D eigenvalue weighted by Gasteiger charge is -2.18. The number of para-hydroxylation sites is 1. The summed E-state index contributed by atoms with van der Waals surface area (Å²) < 4.78 is 5.97. The lowest BCUT2D eigenvalue weighted by atomic mass is 9.90. The highest BCUT2D eigenvalue weighted by Crippen LogP contribution is 2.34. The average Bonchev–Trinajstić information content (AvgIpc) is 3.15. The molecule has 0 saturated carbocycles. The number of hydrogen-bond donors (Lipinski definition) is 1. The first-order chi connectivity index (χ1) is 12.2. The zero-order valence-electron chi connectivity index (χ0n) is 14.6. The minimum absolute atomic E-state index is 0.0154. The molecule has 1 aromatic carbocycles. The second kappa shape index (κ2) is 7.91. The van der Waals surface area contributed by atoms with Crippen LogP contribution in [0.4, 0.5) is 5.69 Å². The molecule has 1 saturated heterocycles. The van der Waals surface area contributed by atoms with Crippen molar-refractivity contribution in [2.75, 3.05) is 13.1 Å². The lowest BCUT2D eigenvalue weighted by molar-refractivity contribution is 0.214. The van der Waals surface area contributed by atoms with Gasteiger partial charge in [-0.25, -0.2) is 4.98 Å². The molecule has 128 valence electrons. The Balaban J connectivity index is 1.95. The van der Waals surface area contributed by atoms with Crippen molar-refractivity contribution in [2.45, 2.75) is 32.3 Å². The third-order valence-corrected chi connectivity index (χ3v) is 4.47. The first-order valence-electron chi connectivity index (χ1n) is 8.58. The molecule has 2 heterocycles. The summed E-state index contributed by atoms with van der Waals surface area (Å²) in [5, 5.41) is 12.8. The topological polar surface area (TPSA) is 70.3 Å². The van der Waals surface area contributed by atoms with Crippen molar-refractivity contribution in [1.29, 1.82) is 5.26 Å². The number of hydrogen-bond acceptors (Lipinski definition) is 5. The fraction of sp³-hybridized carbons (Fsp3) is 0.350. The molecule has 2 aromatic rings. The van der Waals surface area contributed by atoms with Gasteiger partial charge >= 0.3 is 0 Å². The van der Waals surface area contributed by atoms with Gasteiger partial charge in [0.05, 0.1) is 11.3 Å². The van der Waals surface area contributed by atoms with Crippen LogP contribution in [0.15, 0.2) is 41.5 Å². The number of benzene rings is 1. The molecule has 0 aliphatic carbocycles. The van der Waals surface area contributed by atoms with E-state index in [-0.39, 0.29) is 12.0 Å². The van der Waals surface area contributed by atoms with Crippen LogP contribution in [0.1, 0.15) is 42.9 Å². The maximum Gasteiger partial charge on any atom is 0.213 e. The maximum absolute atomic E-state index is 9.49. The van der Waals surface area contributed by atoms with E-state index in [0.717, 1.165) is 36.3 Å². The SMILES string of the molecule is CC=Nc1ccccc1C(C)c1cc(OC2CCNC2)ncc1C#N. The number of ether oxygens (including phenoxy) is 1. The predicted molar refractivity (Wildman–Crippen MR) is 98.6 cm³/mol. The number of nitriles is 1. The highest BCUT2D eigenvalue weighted by atomic mass is 16.5. The minimum Gasteiger partial charge on any atom is -0.473 e. The van der Waals surface area contributed by atoms with Gasteiger partial charge in [-0.15, -0.1) is 0 Å². The highest BCUT2D eigenvalue weighted by Gasteiger charge is 2.20. The number of aliphatic imine (C=N–C) groups is 1. The van der Waals surface area contributed by atoms with E-state index >= 15 is 0 Å². The summed E-state index contributed by atoms with van der Waals surface area (Å²) in [5.74, 6) is 0.590. The van der Waals surface area contributed by atoms with Gasteiger partial charge in [-0.1, -0.05) is 25.1 Å². The largest absolute Gasteiger partial charge is 0.473 e. The van der Waals surface area contributed by atoms with E-state index in [4.69, 9.17) is 4.74 Å². The van der Waals surface area contributed by atoms with Crippen molar-refractivity contribution in [3.8, 4) is 11.9 Å². The van der Waals surface area contributed by atoms with E-state index in [1.807, 2.05) is 31.2 Å². The molecule has 25 heavy (non-hydrogen) atoms. The van der Waals surface area contributed by atoms with E-state index in [2.05, 4.69) is 34.4 Å². The quantitative estimate of drug-likeness (QED) is 0.849.